The summed E-state index contributed by atoms with van der Waals surface area (Å²) in [6, 6.07) is 2.27. The first-order valence-corrected chi connectivity index (χ1v) is 6.49. The Labute approximate surface area is 104 Å². The molecule has 1 atom stereocenters. The van der Waals surface area contributed by atoms with E-state index in [1.54, 1.807) is 22.4 Å². The number of hydrogen-bond acceptors (Lipinski definition) is 3. The molecule has 0 aromatic carbocycles. The van der Waals surface area contributed by atoms with Gasteiger partial charge in [-0.05, 0) is 11.4 Å². The first kappa shape index (κ1) is 10.5. The van der Waals surface area contributed by atoms with Gasteiger partial charge in [-0.3, -0.25) is 4.79 Å². The van der Waals surface area contributed by atoms with Crippen LogP contribution in [-0.2, 0) is 4.79 Å². The van der Waals surface area contributed by atoms with Crippen LogP contribution in [0, 0.1) is 0 Å². The van der Waals surface area contributed by atoms with Gasteiger partial charge < -0.3 is 9.47 Å². The van der Waals surface area contributed by atoms with Crippen LogP contribution in [0.4, 0.5) is 0 Å². The summed E-state index contributed by atoms with van der Waals surface area (Å²) in [5, 5.41) is 4.12. The van der Waals surface area contributed by atoms with E-state index in [2.05, 4.69) is 21.0 Å². The van der Waals surface area contributed by atoms with Crippen LogP contribution < -0.4 is 0 Å². The number of hydrogen-bond donors (Lipinski definition) is 0. The minimum absolute atomic E-state index is 0.208. The van der Waals surface area contributed by atoms with E-state index in [0.29, 0.717) is 6.42 Å². The predicted molar refractivity (Wildman–Crippen MR) is 66.8 cm³/mol. The predicted octanol–water partition coefficient (Wildman–Crippen LogP) is 2.01. The molecule has 0 bridgehead atoms. The number of amides is 1. The second kappa shape index (κ2) is 4.00. The Hall–Kier alpha value is -1.62. The molecule has 1 fully saturated rings. The van der Waals surface area contributed by atoms with Crippen LogP contribution >= 0.6 is 11.3 Å². The van der Waals surface area contributed by atoms with Gasteiger partial charge in [0.05, 0.1) is 6.04 Å². The fraction of sp³-hybridized carbons (Fsp3) is 0.333. The fourth-order valence-electron chi connectivity index (χ4n) is 2.25. The summed E-state index contributed by atoms with van der Waals surface area (Å²) < 4.78 is 2.11. The van der Waals surface area contributed by atoms with Crippen molar-refractivity contribution in [3.8, 4) is 11.4 Å². The highest BCUT2D eigenvalue weighted by Gasteiger charge is 2.29. The van der Waals surface area contributed by atoms with E-state index in [9.17, 15) is 4.79 Å². The number of aromatic nitrogens is 2. The minimum atomic E-state index is 0.208. The lowest BCUT2D eigenvalue weighted by molar-refractivity contribution is -0.126. The third kappa shape index (κ3) is 1.76. The molecule has 0 N–H and O–H groups in total. The van der Waals surface area contributed by atoms with E-state index in [4.69, 9.17) is 0 Å². The van der Waals surface area contributed by atoms with Crippen LogP contribution in [0.5, 0.6) is 0 Å². The van der Waals surface area contributed by atoms with Crippen molar-refractivity contribution in [2.24, 2.45) is 0 Å². The molecule has 88 valence electrons. The fourth-order valence-corrected chi connectivity index (χ4v) is 2.88. The zero-order valence-corrected chi connectivity index (χ0v) is 10.4. The van der Waals surface area contributed by atoms with E-state index in [1.807, 2.05) is 18.6 Å². The maximum absolute atomic E-state index is 11.6. The highest BCUT2D eigenvalue weighted by Crippen LogP contribution is 2.28. The van der Waals surface area contributed by atoms with E-state index in [1.165, 1.54) is 0 Å². The molecule has 0 spiro atoms. The second-order valence-electron chi connectivity index (χ2n) is 4.30. The Bertz CT molecular complexity index is 532. The van der Waals surface area contributed by atoms with Gasteiger partial charge in [0, 0.05) is 43.4 Å². The normalized spacial score (nSPS) is 20.2. The number of thiophene rings is 1. The number of nitrogens with zero attached hydrogens (tertiary/aromatic N) is 3. The quantitative estimate of drug-likeness (QED) is 0.814. The van der Waals surface area contributed by atoms with Gasteiger partial charge in [-0.15, -0.1) is 0 Å². The summed E-state index contributed by atoms with van der Waals surface area (Å²) in [6.07, 6.45) is 4.34. The molecule has 4 nitrogen and oxygen atoms in total. The van der Waals surface area contributed by atoms with Crippen molar-refractivity contribution in [1.82, 2.24) is 14.5 Å². The molecule has 1 amide bonds. The highest BCUT2D eigenvalue weighted by molar-refractivity contribution is 7.08. The number of likely N-dealkylation sites (tertiary alicyclic amines) is 1. The Morgan fingerprint density at radius 1 is 1.53 bits per heavy atom. The van der Waals surface area contributed by atoms with Gasteiger partial charge in [0.25, 0.3) is 0 Å². The molecule has 5 heteroatoms. The van der Waals surface area contributed by atoms with Crippen molar-refractivity contribution in [2.45, 2.75) is 12.5 Å². The van der Waals surface area contributed by atoms with Gasteiger partial charge in [0.1, 0.15) is 5.82 Å². The Kier molecular flexibility index (Phi) is 2.48. The Balaban J connectivity index is 1.95. The zero-order chi connectivity index (χ0) is 11.8. The average Bonchev–Trinajstić information content (AvgIpc) is 3.00. The molecular weight excluding hydrogens is 234 g/mol. The first-order valence-electron chi connectivity index (χ1n) is 5.55. The van der Waals surface area contributed by atoms with Crippen molar-refractivity contribution in [2.75, 3.05) is 13.6 Å². The van der Waals surface area contributed by atoms with Gasteiger partial charge in [-0.2, -0.15) is 11.3 Å². The van der Waals surface area contributed by atoms with Crippen molar-refractivity contribution in [3.63, 3.8) is 0 Å². The molecule has 17 heavy (non-hydrogen) atoms. The van der Waals surface area contributed by atoms with Gasteiger partial charge in [0.2, 0.25) is 5.91 Å². The smallest absolute Gasteiger partial charge is 0.224 e. The lowest BCUT2D eigenvalue weighted by atomic mass is 10.2. The molecule has 2 aromatic heterocycles. The Morgan fingerprint density at radius 2 is 2.41 bits per heavy atom. The molecule has 3 rings (SSSR count). The van der Waals surface area contributed by atoms with Gasteiger partial charge >= 0.3 is 0 Å². The maximum Gasteiger partial charge on any atom is 0.224 e. The summed E-state index contributed by atoms with van der Waals surface area (Å²) in [7, 11) is 1.85. The van der Waals surface area contributed by atoms with Crippen molar-refractivity contribution < 1.29 is 4.79 Å². The molecular formula is C12H13N3OS. The van der Waals surface area contributed by atoms with Crippen LogP contribution in [0.15, 0.2) is 29.2 Å². The number of carbonyl (C=O) groups excluding carboxylic acids is 1. The van der Waals surface area contributed by atoms with Gasteiger partial charge in [-0.1, -0.05) is 0 Å². The summed E-state index contributed by atoms with van der Waals surface area (Å²) in [6.45, 7) is 0.770. The van der Waals surface area contributed by atoms with Crippen LogP contribution in [0.25, 0.3) is 11.4 Å². The molecule has 0 radical (unpaired) electrons. The lowest BCUT2D eigenvalue weighted by Gasteiger charge is -2.14. The van der Waals surface area contributed by atoms with Gasteiger partial charge in [0.15, 0.2) is 0 Å². The van der Waals surface area contributed by atoms with Crippen molar-refractivity contribution >= 4 is 17.2 Å². The largest absolute Gasteiger partial charge is 0.344 e. The molecule has 3 heterocycles. The number of imidazole rings is 1. The third-order valence-electron chi connectivity index (χ3n) is 3.16. The summed E-state index contributed by atoms with van der Waals surface area (Å²) in [4.78, 5) is 17.7. The Morgan fingerprint density at radius 3 is 3.06 bits per heavy atom. The van der Waals surface area contributed by atoms with E-state index >= 15 is 0 Å². The minimum Gasteiger partial charge on any atom is -0.344 e. The van der Waals surface area contributed by atoms with Crippen LogP contribution in [0.2, 0.25) is 0 Å². The molecule has 0 aliphatic carbocycles. The topological polar surface area (TPSA) is 38.1 Å². The van der Waals surface area contributed by atoms with Crippen molar-refractivity contribution in [1.29, 1.82) is 0 Å². The van der Waals surface area contributed by atoms with Crippen LogP contribution in [0.3, 0.4) is 0 Å². The second-order valence-corrected chi connectivity index (χ2v) is 5.08. The van der Waals surface area contributed by atoms with Crippen LogP contribution in [-0.4, -0.2) is 34.0 Å². The SMILES string of the molecule is CN1CC(n2ccnc2-c2ccsc2)CC1=O. The summed E-state index contributed by atoms with van der Waals surface area (Å²) in [5.74, 6) is 1.17. The molecule has 2 aromatic rings. The van der Waals surface area contributed by atoms with E-state index in [0.717, 1.165) is 17.9 Å². The van der Waals surface area contributed by atoms with E-state index in [-0.39, 0.29) is 11.9 Å². The number of rotatable bonds is 2. The zero-order valence-electron chi connectivity index (χ0n) is 9.54. The van der Waals surface area contributed by atoms with Crippen molar-refractivity contribution in [3.05, 3.63) is 29.2 Å². The molecule has 1 unspecified atom stereocenters. The molecule has 1 aliphatic rings. The summed E-state index contributed by atoms with van der Waals surface area (Å²) >= 11 is 1.66. The van der Waals surface area contributed by atoms with Gasteiger partial charge in [-0.25, -0.2) is 4.98 Å². The highest BCUT2D eigenvalue weighted by atomic mass is 32.1. The van der Waals surface area contributed by atoms with Crippen LogP contribution in [0.1, 0.15) is 12.5 Å². The molecule has 0 saturated carbocycles. The number of carbonyl (C=O) groups is 1. The standard InChI is InChI=1S/C12H13N3OS/c1-14-7-10(6-11(14)16)15-4-3-13-12(15)9-2-5-17-8-9/h2-5,8,10H,6-7H2,1H3. The first-order chi connectivity index (χ1) is 8.25. The monoisotopic (exact) mass is 247 g/mol. The third-order valence-corrected chi connectivity index (χ3v) is 3.85. The average molecular weight is 247 g/mol. The maximum atomic E-state index is 11.6. The number of likely N-dealkylation sites (N-methyl/N-ethyl adjacent to an activating group) is 1. The molecule has 1 saturated heterocycles. The van der Waals surface area contributed by atoms with E-state index < -0.39 is 0 Å². The molecule has 1 aliphatic heterocycles. The lowest BCUT2D eigenvalue weighted by Crippen LogP contribution is -2.19. The summed E-state index contributed by atoms with van der Waals surface area (Å²) in [5.41, 5.74) is 1.13.